The molecule has 1 fully saturated rings. The molecule has 1 aromatic rings. The molecular weight excluding hydrogens is 212 g/mol. The molecule has 4 nitrogen and oxygen atoms in total. The minimum atomic E-state index is -0.0668. The first-order valence-electron chi connectivity index (χ1n) is 5.06. The lowest BCUT2D eigenvalue weighted by Crippen LogP contribution is -2.14. The summed E-state index contributed by atoms with van der Waals surface area (Å²) in [6, 6.07) is 0. The second kappa shape index (κ2) is 4.72. The monoisotopic (exact) mass is 226 g/mol. The molecule has 15 heavy (non-hydrogen) atoms. The summed E-state index contributed by atoms with van der Waals surface area (Å²) in [6.45, 7) is 3.13. The molecule has 1 saturated heterocycles. The molecule has 82 valence electrons. The highest BCUT2D eigenvalue weighted by Gasteiger charge is 2.18. The molecule has 0 atom stereocenters. The first-order valence-corrected chi connectivity index (χ1v) is 5.94. The molecule has 0 saturated carbocycles. The molecule has 0 bridgehead atoms. The van der Waals surface area contributed by atoms with Crippen molar-refractivity contribution in [3.8, 4) is 0 Å². The van der Waals surface area contributed by atoms with E-state index in [1.165, 1.54) is 18.3 Å². The van der Waals surface area contributed by atoms with Gasteiger partial charge in [0.25, 0.3) is 0 Å². The van der Waals surface area contributed by atoms with Crippen molar-refractivity contribution in [3.63, 3.8) is 0 Å². The number of ether oxygens (including phenoxy) is 1. The van der Waals surface area contributed by atoms with Gasteiger partial charge in [-0.25, -0.2) is 4.98 Å². The van der Waals surface area contributed by atoms with E-state index in [1.54, 1.807) is 0 Å². The SMILES string of the molecule is CC(=O)Nc1nc(C2CCOCC2)cs1. The number of hydrogen-bond donors (Lipinski definition) is 1. The van der Waals surface area contributed by atoms with Crippen LogP contribution >= 0.6 is 11.3 Å². The number of amides is 1. The van der Waals surface area contributed by atoms with Gasteiger partial charge in [-0.1, -0.05) is 0 Å². The fraction of sp³-hybridized carbons (Fsp3) is 0.600. The summed E-state index contributed by atoms with van der Waals surface area (Å²) in [5, 5.41) is 5.43. The molecular formula is C10H14N2O2S. The number of carbonyl (C=O) groups is 1. The zero-order valence-electron chi connectivity index (χ0n) is 8.66. The molecule has 0 aliphatic carbocycles. The van der Waals surface area contributed by atoms with Crippen molar-refractivity contribution < 1.29 is 9.53 Å². The first kappa shape index (κ1) is 10.6. The van der Waals surface area contributed by atoms with E-state index < -0.39 is 0 Å². The number of rotatable bonds is 2. The maximum atomic E-state index is 10.8. The van der Waals surface area contributed by atoms with Gasteiger partial charge >= 0.3 is 0 Å². The second-order valence-corrected chi connectivity index (χ2v) is 4.50. The molecule has 2 rings (SSSR count). The predicted octanol–water partition coefficient (Wildman–Crippen LogP) is 2.00. The largest absolute Gasteiger partial charge is 0.381 e. The van der Waals surface area contributed by atoms with Crippen molar-refractivity contribution in [2.75, 3.05) is 18.5 Å². The standard InChI is InChI=1S/C10H14N2O2S/c1-7(13)11-10-12-9(6-15-10)8-2-4-14-5-3-8/h6,8H,2-5H2,1H3,(H,11,12,13). The van der Waals surface area contributed by atoms with Gasteiger partial charge in [0.2, 0.25) is 5.91 Å². The lowest BCUT2D eigenvalue weighted by atomic mass is 9.98. The molecule has 1 aliphatic rings. The van der Waals surface area contributed by atoms with Crippen LogP contribution in [0, 0.1) is 0 Å². The maximum absolute atomic E-state index is 10.8. The minimum Gasteiger partial charge on any atom is -0.381 e. The lowest BCUT2D eigenvalue weighted by molar-refractivity contribution is -0.114. The number of nitrogens with zero attached hydrogens (tertiary/aromatic N) is 1. The van der Waals surface area contributed by atoms with E-state index >= 15 is 0 Å². The zero-order valence-corrected chi connectivity index (χ0v) is 9.47. The third-order valence-corrected chi connectivity index (χ3v) is 3.22. The van der Waals surface area contributed by atoms with Crippen molar-refractivity contribution in [1.29, 1.82) is 0 Å². The van der Waals surface area contributed by atoms with E-state index in [2.05, 4.69) is 10.3 Å². The topological polar surface area (TPSA) is 51.2 Å². The van der Waals surface area contributed by atoms with Crippen LogP contribution in [-0.4, -0.2) is 24.1 Å². The van der Waals surface area contributed by atoms with Crippen molar-refractivity contribution in [2.45, 2.75) is 25.7 Å². The van der Waals surface area contributed by atoms with E-state index in [1.807, 2.05) is 5.38 Å². The summed E-state index contributed by atoms with van der Waals surface area (Å²) >= 11 is 1.49. The molecule has 1 aromatic heterocycles. The van der Waals surface area contributed by atoms with Gasteiger partial charge in [-0.15, -0.1) is 11.3 Å². The summed E-state index contributed by atoms with van der Waals surface area (Å²) in [5.74, 6) is 0.431. The number of thiazole rings is 1. The van der Waals surface area contributed by atoms with Gasteiger partial charge in [-0.2, -0.15) is 0 Å². The Morgan fingerprint density at radius 1 is 1.60 bits per heavy atom. The number of nitrogens with one attached hydrogen (secondary N) is 1. The zero-order chi connectivity index (χ0) is 10.7. The molecule has 0 radical (unpaired) electrons. The molecule has 2 heterocycles. The summed E-state index contributed by atoms with van der Waals surface area (Å²) < 4.78 is 5.30. The Morgan fingerprint density at radius 3 is 3.00 bits per heavy atom. The summed E-state index contributed by atoms with van der Waals surface area (Å²) in [6.07, 6.45) is 2.06. The number of carbonyl (C=O) groups excluding carboxylic acids is 1. The number of aromatic nitrogens is 1. The molecule has 1 amide bonds. The summed E-state index contributed by atoms with van der Waals surface area (Å²) in [7, 11) is 0. The Labute approximate surface area is 92.7 Å². The van der Waals surface area contributed by atoms with Gasteiger partial charge in [0.1, 0.15) is 0 Å². The van der Waals surface area contributed by atoms with Gasteiger partial charge in [0, 0.05) is 31.4 Å². The lowest BCUT2D eigenvalue weighted by Gasteiger charge is -2.19. The van der Waals surface area contributed by atoms with Crippen molar-refractivity contribution in [3.05, 3.63) is 11.1 Å². The molecule has 5 heteroatoms. The fourth-order valence-electron chi connectivity index (χ4n) is 1.68. The normalized spacial score (nSPS) is 17.7. The maximum Gasteiger partial charge on any atom is 0.223 e. The third kappa shape index (κ3) is 2.76. The van der Waals surface area contributed by atoms with Crippen LogP contribution in [0.3, 0.4) is 0 Å². The van der Waals surface area contributed by atoms with Crippen LogP contribution in [0.5, 0.6) is 0 Å². The smallest absolute Gasteiger partial charge is 0.223 e. The Kier molecular flexibility index (Phi) is 3.33. The van der Waals surface area contributed by atoms with E-state index in [4.69, 9.17) is 4.74 Å². The molecule has 1 N–H and O–H groups in total. The average molecular weight is 226 g/mol. The summed E-state index contributed by atoms with van der Waals surface area (Å²) in [4.78, 5) is 15.2. The van der Waals surface area contributed by atoms with Crippen LogP contribution < -0.4 is 5.32 Å². The van der Waals surface area contributed by atoms with E-state index in [-0.39, 0.29) is 5.91 Å². The Hall–Kier alpha value is -0.940. The first-order chi connectivity index (χ1) is 7.25. The number of hydrogen-bond acceptors (Lipinski definition) is 4. The number of anilines is 1. The van der Waals surface area contributed by atoms with Gasteiger partial charge in [0.05, 0.1) is 5.69 Å². The van der Waals surface area contributed by atoms with Crippen LogP contribution in [0.25, 0.3) is 0 Å². The van der Waals surface area contributed by atoms with Crippen LogP contribution in [0.1, 0.15) is 31.4 Å². The average Bonchev–Trinajstić information content (AvgIpc) is 2.67. The highest BCUT2D eigenvalue weighted by atomic mass is 32.1. The van der Waals surface area contributed by atoms with E-state index in [9.17, 15) is 4.79 Å². The molecule has 0 unspecified atom stereocenters. The van der Waals surface area contributed by atoms with Crippen LogP contribution in [-0.2, 0) is 9.53 Å². The van der Waals surface area contributed by atoms with Gasteiger partial charge in [-0.3, -0.25) is 4.79 Å². The van der Waals surface area contributed by atoms with Gasteiger partial charge < -0.3 is 10.1 Å². The Balaban J connectivity index is 2.02. The van der Waals surface area contributed by atoms with Crippen molar-refractivity contribution in [2.24, 2.45) is 0 Å². The fourth-order valence-corrected chi connectivity index (χ4v) is 2.51. The molecule has 0 aromatic carbocycles. The highest BCUT2D eigenvalue weighted by Crippen LogP contribution is 2.29. The summed E-state index contributed by atoms with van der Waals surface area (Å²) in [5.41, 5.74) is 1.09. The minimum absolute atomic E-state index is 0.0668. The quantitative estimate of drug-likeness (QED) is 0.839. The second-order valence-electron chi connectivity index (χ2n) is 3.65. The van der Waals surface area contributed by atoms with Crippen LogP contribution in [0.4, 0.5) is 5.13 Å². The van der Waals surface area contributed by atoms with Gasteiger partial charge in [-0.05, 0) is 12.8 Å². The van der Waals surface area contributed by atoms with E-state index in [0.717, 1.165) is 31.7 Å². The van der Waals surface area contributed by atoms with Crippen molar-refractivity contribution in [1.82, 2.24) is 4.98 Å². The third-order valence-electron chi connectivity index (χ3n) is 2.44. The highest BCUT2D eigenvalue weighted by molar-refractivity contribution is 7.13. The molecule has 1 aliphatic heterocycles. The predicted molar refractivity (Wildman–Crippen MR) is 59.2 cm³/mol. The van der Waals surface area contributed by atoms with Crippen LogP contribution in [0.15, 0.2) is 5.38 Å². The molecule has 0 spiro atoms. The van der Waals surface area contributed by atoms with Crippen molar-refractivity contribution >= 4 is 22.4 Å². The Morgan fingerprint density at radius 2 is 2.33 bits per heavy atom. The van der Waals surface area contributed by atoms with Crippen LogP contribution in [0.2, 0.25) is 0 Å². The van der Waals surface area contributed by atoms with Gasteiger partial charge in [0.15, 0.2) is 5.13 Å². The Bertz CT molecular complexity index is 345. The van der Waals surface area contributed by atoms with E-state index in [0.29, 0.717) is 11.0 Å².